The molecule has 0 saturated carbocycles. The molecule has 0 amide bonds. The van der Waals surface area contributed by atoms with E-state index < -0.39 is 0 Å². The third kappa shape index (κ3) is 3.10. The second-order valence-corrected chi connectivity index (χ2v) is 4.26. The van der Waals surface area contributed by atoms with E-state index in [2.05, 4.69) is 36.7 Å². The lowest BCUT2D eigenvalue weighted by molar-refractivity contribution is 0.456. The minimum atomic E-state index is 0.329. The molecule has 74 valence electrons. The molecule has 2 unspecified atom stereocenters. The molecule has 0 aliphatic heterocycles. The van der Waals surface area contributed by atoms with Crippen LogP contribution in [-0.4, -0.2) is 12.6 Å². The third-order valence-electron chi connectivity index (χ3n) is 2.22. The monoisotopic (exact) mass is 198 g/mol. The summed E-state index contributed by atoms with van der Waals surface area (Å²) >= 11 is 1.77. The fraction of sp³-hybridized carbons (Fsp3) is 0.600. The van der Waals surface area contributed by atoms with E-state index in [1.165, 1.54) is 4.88 Å². The predicted molar refractivity (Wildman–Crippen MR) is 59.0 cm³/mol. The molecule has 2 atom stereocenters. The lowest BCUT2D eigenvalue weighted by Gasteiger charge is -2.19. The Kier molecular flexibility index (Phi) is 4.42. The molecule has 0 fully saturated rings. The van der Waals surface area contributed by atoms with E-state index in [0.717, 1.165) is 6.42 Å². The first-order chi connectivity index (χ1) is 6.27. The molecule has 1 aromatic heterocycles. The summed E-state index contributed by atoms with van der Waals surface area (Å²) in [6.45, 7) is 5.04. The minimum absolute atomic E-state index is 0.329. The summed E-state index contributed by atoms with van der Waals surface area (Å²) < 4.78 is 0. The highest BCUT2D eigenvalue weighted by Crippen LogP contribution is 2.18. The maximum Gasteiger partial charge on any atom is 0.0541 e. The van der Waals surface area contributed by atoms with Gasteiger partial charge in [0.15, 0.2) is 0 Å². The molecule has 13 heavy (non-hydrogen) atoms. The van der Waals surface area contributed by atoms with Crippen molar-refractivity contribution in [3.8, 4) is 0 Å². The average molecular weight is 198 g/mol. The Labute approximate surface area is 84.2 Å². The summed E-state index contributed by atoms with van der Waals surface area (Å²) in [6.07, 6.45) is 1.14. The van der Waals surface area contributed by atoms with Gasteiger partial charge in [-0.25, -0.2) is 0 Å². The van der Waals surface area contributed by atoms with E-state index in [4.69, 9.17) is 5.73 Å². The molecule has 1 heterocycles. The molecule has 3 N–H and O–H groups in total. The highest BCUT2D eigenvalue weighted by molar-refractivity contribution is 7.10. The fourth-order valence-corrected chi connectivity index (χ4v) is 2.02. The summed E-state index contributed by atoms with van der Waals surface area (Å²) in [4.78, 5) is 1.34. The van der Waals surface area contributed by atoms with Gasteiger partial charge in [-0.15, -0.1) is 11.3 Å². The van der Waals surface area contributed by atoms with Gasteiger partial charge in [0.25, 0.3) is 0 Å². The quantitative estimate of drug-likeness (QED) is 0.760. The van der Waals surface area contributed by atoms with Gasteiger partial charge in [-0.2, -0.15) is 0 Å². The Hall–Kier alpha value is -0.380. The Balaban J connectivity index is 2.53. The van der Waals surface area contributed by atoms with Gasteiger partial charge < -0.3 is 11.1 Å². The summed E-state index contributed by atoms with van der Waals surface area (Å²) in [7, 11) is 0. The Bertz CT molecular complexity index is 221. The number of nitrogens with two attached hydrogens (primary N) is 1. The topological polar surface area (TPSA) is 38.0 Å². The highest BCUT2D eigenvalue weighted by Gasteiger charge is 2.11. The van der Waals surface area contributed by atoms with E-state index in [9.17, 15) is 0 Å². The van der Waals surface area contributed by atoms with E-state index in [0.29, 0.717) is 18.6 Å². The first kappa shape index (κ1) is 10.7. The molecule has 0 radical (unpaired) electrons. The lowest BCUT2D eigenvalue weighted by Crippen LogP contribution is -2.34. The second kappa shape index (κ2) is 5.37. The van der Waals surface area contributed by atoms with Crippen LogP contribution < -0.4 is 11.1 Å². The maximum atomic E-state index is 5.71. The third-order valence-corrected chi connectivity index (χ3v) is 3.21. The second-order valence-electron chi connectivity index (χ2n) is 3.28. The molecule has 0 aromatic carbocycles. The van der Waals surface area contributed by atoms with Crippen molar-refractivity contribution in [3.63, 3.8) is 0 Å². The molecule has 3 heteroatoms. The van der Waals surface area contributed by atoms with E-state index in [1.807, 2.05) is 0 Å². The van der Waals surface area contributed by atoms with Crippen molar-refractivity contribution in [2.24, 2.45) is 5.73 Å². The van der Waals surface area contributed by atoms with Crippen LogP contribution in [0.15, 0.2) is 17.5 Å². The van der Waals surface area contributed by atoms with Gasteiger partial charge in [-0.3, -0.25) is 0 Å². The smallest absolute Gasteiger partial charge is 0.0541 e. The number of hydrogen-bond donors (Lipinski definition) is 2. The Morgan fingerprint density at radius 3 is 2.85 bits per heavy atom. The standard InChI is InChI=1S/C10H18N2S/c1-3-8(2)12-9(7-11)10-5-4-6-13-10/h4-6,8-9,12H,3,7,11H2,1-2H3. The van der Waals surface area contributed by atoms with Gasteiger partial charge in [0.2, 0.25) is 0 Å². The predicted octanol–water partition coefficient (Wildman–Crippen LogP) is 2.14. The van der Waals surface area contributed by atoms with Crippen molar-refractivity contribution in [2.45, 2.75) is 32.4 Å². The van der Waals surface area contributed by atoms with Crippen molar-refractivity contribution in [3.05, 3.63) is 22.4 Å². The van der Waals surface area contributed by atoms with Crippen LogP contribution in [0.3, 0.4) is 0 Å². The SMILES string of the molecule is CCC(C)NC(CN)c1cccs1. The molecule has 0 aliphatic carbocycles. The Morgan fingerprint density at radius 2 is 2.38 bits per heavy atom. The van der Waals surface area contributed by atoms with Crippen LogP contribution in [0.5, 0.6) is 0 Å². The molecule has 0 aliphatic rings. The summed E-state index contributed by atoms with van der Waals surface area (Å²) in [6, 6.07) is 5.07. The van der Waals surface area contributed by atoms with Crippen LogP contribution >= 0.6 is 11.3 Å². The summed E-state index contributed by atoms with van der Waals surface area (Å²) in [5.74, 6) is 0. The number of thiophene rings is 1. The Morgan fingerprint density at radius 1 is 1.62 bits per heavy atom. The van der Waals surface area contributed by atoms with Crippen molar-refractivity contribution in [1.29, 1.82) is 0 Å². The molecule has 0 saturated heterocycles. The van der Waals surface area contributed by atoms with E-state index in [1.54, 1.807) is 11.3 Å². The van der Waals surface area contributed by atoms with Crippen molar-refractivity contribution in [1.82, 2.24) is 5.32 Å². The molecule has 1 rings (SSSR count). The van der Waals surface area contributed by atoms with Gasteiger partial charge in [-0.1, -0.05) is 13.0 Å². The maximum absolute atomic E-state index is 5.71. The number of rotatable bonds is 5. The average Bonchev–Trinajstić information content (AvgIpc) is 2.66. The molecule has 2 nitrogen and oxygen atoms in total. The molecule has 1 aromatic rings. The van der Waals surface area contributed by atoms with Gasteiger partial charge >= 0.3 is 0 Å². The lowest BCUT2D eigenvalue weighted by atomic mass is 10.2. The zero-order valence-electron chi connectivity index (χ0n) is 8.29. The van der Waals surface area contributed by atoms with Crippen molar-refractivity contribution < 1.29 is 0 Å². The van der Waals surface area contributed by atoms with E-state index in [-0.39, 0.29) is 0 Å². The zero-order valence-corrected chi connectivity index (χ0v) is 9.10. The van der Waals surface area contributed by atoms with Crippen molar-refractivity contribution in [2.75, 3.05) is 6.54 Å². The fourth-order valence-electron chi connectivity index (χ4n) is 1.22. The zero-order chi connectivity index (χ0) is 9.68. The minimum Gasteiger partial charge on any atom is -0.329 e. The normalized spacial score (nSPS) is 15.6. The van der Waals surface area contributed by atoms with Gasteiger partial charge in [0.05, 0.1) is 6.04 Å². The van der Waals surface area contributed by atoms with Crippen LogP contribution in [0.4, 0.5) is 0 Å². The summed E-state index contributed by atoms with van der Waals surface area (Å²) in [5.41, 5.74) is 5.71. The first-order valence-electron chi connectivity index (χ1n) is 4.77. The van der Waals surface area contributed by atoms with Crippen LogP contribution in [0.1, 0.15) is 31.2 Å². The molecular formula is C10H18N2S. The van der Waals surface area contributed by atoms with Crippen LogP contribution in [0, 0.1) is 0 Å². The van der Waals surface area contributed by atoms with Gasteiger partial charge in [-0.05, 0) is 24.8 Å². The summed E-state index contributed by atoms with van der Waals surface area (Å²) in [5, 5.41) is 5.60. The first-order valence-corrected chi connectivity index (χ1v) is 5.65. The van der Waals surface area contributed by atoms with Crippen LogP contribution in [-0.2, 0) is 0 Å². The van der Waals surface area contributed by atoms with Crippen molar-refractivity contribution >= 4 is 11.3 Å². The number of hydrogen-bond acceptors (Lipinski definition) is 3. The van der Waals surface area contributed by atoms with Gasteiger partial charge in [0.1, 0.15) is 0 Å². The van der Waals surface area contributed by atoms with Gasteiger partial charge in [0, 0.05) is 17.5 Å². The van der Waals surface area contributed by atoms with E-state index >= 15 is 0 Å². The highest BCUT2D eigenvalue weighted by atomic mass is 32.1. The number of nitrogens with one attached hydrogen (secondary N) is 1. The molecular weight excluding hydrogens is 180 g/mol. The van der Waals surface area contributed by atoms with Crippen LogP contribution in [0.25, 0.3) is 0 Å². The molecule has 0 bridgehead atoms. The largest absolute Gasteiger partial charge is 0.329 e. The molecule has 0 spiro atoms. The van der Waals surface area contributed by atoms with Crippen LogP contribution in [0.2, 0.25) is 0 Å².